The van der Waals surface area contributed by atoms with Gasteiger partial charge in [-0.05, 0) is 73.9 Å². The molecule has 26 heavy (non-hydrogen) atoms. The Hall–Kier alpha value is -2.37. The maximum absolute atomic E-state index is 13.1. The Morgan fingerprint density at radius 1 is 1.12 bits per heavy atom. The van der Waals surface area contributed by atoms with Crippen molar-refractivity contribution < 1.29 is 4.79 Å². The summed E-state index contributed by atoms with van der Waals surface area (Å²) in [5.74, 6) is -0.181. The van der Waals surface area contributed by atoms with Crippen LogP contribution in [0.2, 0.25) is 5.02 Å². The lowest BCUT2D eigenvalue weighted by Crippen LogP contribution is -2.45. The second-order valence-corrected chi connectivity index (χ2v) is 7.30. The van der Waals surface area contributed by atoms with Crippen LogP contribution in [-0.4, -0.2) is 11.0 Å². The molecule has 1 aliphatic rings. The van der Waals surface area contributed by atoms with Gasteiger partial charge in [0.1, 0.15) is 0 Å². The number of hydrogen-bond donors (Lipinski definition) is 3. The van der Waals surface area contributed by atoms with Gasteiger partial charge in [-0.25, -0.2) is 0 Å². The van der Waals surface area contributed by atoms with Crippen molar-refractivity contribution in [3.05, 3.63) is 75.4 Å². The number of nitrogens with one attached hydrogen (secondary N) is 3. The molecular formula is C20H20ClN3OS. The minimum Gasteiger partial charge on any atom is -0.351 e. The molecule has 1 amide bonds. The first-order valence-corrected chi connectivity index (χ1v) is 9.05. The van der Waals surface area contributed by atoms with Gasteiger partial charge in [-0.2, -0.15) is 0 Å². The molecule has 1 atom stereocenters. The van der Waals surface area contributed by atoms with Crippen molar-refractivity contribution in [2.75, 3.05) is 5.32 Å². The predicted octanol–water partition coefficient (Wildman–Crippen LogP) is 4.39. The van der Waals surface area contributed by atoms with E-state index in [1.54, 1.807) is 6.07 Å². The van der Waals surface area contributed by atoms with E-state index in [9.17, 15) is 4.79 Å². The first-order chi connectivity index (χ1) is 12.3. The van der Waals surface area contributed by atoms with Gasteiger partial charge in [-0.15, -0.1) is 0 Å². The van der Waals surface area contributed by atoms with E-state index in [4.69, 9.17) is 23.8 Å². The molecule has 0 saturated carbocycles. The van der Waals surface area contributed by atoms with Gasteiger partial charge in [0, 0.05) is 16.4 Å². The standard InChI is InChI=1S/C20H20ClN3OS/c1-11-7-12(2)9-16(8-11)23-19(25)17-13(3)22-20(26)24-18(17)14-5-4-6-15(21)10-14/h4-10,18H,1-3H3,(H,23,25)(H2,22,24,26)/t18-/m1/s1. The van der Waals surface area contributed by atoms with Crippen LogP contribution in [0.5, 0.6) is 0 Å². The highest BCUT2D eigenvalue weighted by molar-refractivity contribution is 7.80. The molecule has 0 spiro atoms. The number of hydrogen-bond acceptors (Lipinski definition) is 2. The van der Waals surface area contributed by atoms with Gasteiger partial charge in [0.25, 0.3) is 5.91 Å². The molecule has 0 radical (unpaired) electrons. The molecule has 6 heteroatoms. The largest absolute Gasteiger partial charge is 0.351 e. The van der Waals surface area contributed by atoms with Crippen molar-refractivity contribution in [1.82, 2.24) is 10.6 Å². The summed E-state index contributed by atoms with van der Waals surface area (Å²) in [6.45, 7) is 5.86. The molecule has 3 N–H and O–H groups in total. The van der Waals surface area contributed by atoms with Gasteiger partial charge < -0.3 is 16.0 Å². The Morgan fingerprint density at radius 2 is 1.81 bits per heavy atom. The normalized spacial score (nSPS) is 16.8. The highest BCUT2D eigenvalue weighted by Crippen LogP contribution is 2.29. The van der Waals surface area contributed by atoms with Crippen LogP contribution in [0.15, 0.2) is 53.7 Å². The first kappa shape index (κ1) is 18.4. The van der Waals surface area contributed by atoms with Gasteiger partial charge in [0.15, 0.2) is 5.11 Å². The number of allylic oxidation sites excluding steroid dienone is 1. The van der Waals surface area contributed by atoms with Crippen LogP contribution in [0.4, 0.5) is 5.69 Å². The van der Waals surface area contributed by atoms with E-state index in [-0.39, 0.29) is 11.9 Å². The summed E-state index contributed by atoms with van der Waals surface area (Å²) in [5, 5.41) is 10.3. The number of carbonyl (C=O) groups excluding carboxylic acids is 1. The molecule has 2 aromatic carbocycles. The average molecular weight is 386 g/mol. The molecule has 0 fully saturated rings. The molecular weight excluding hydrogens is 366 g/mol. The van der Waals surface area contributed by atoms with Crippen LogP contribution >= 0.6 is 23.8 Å². The number of amides is 1. The van der Waals surface area contributed by atoms with Crippen LogP contribution < -0.4 is 16.0 Å². The monoisotopic (exact) mass is 385 g/mol. The fourth-order valence-corrected chi connectivity index (χ4v) is 3.65. The molecule has 4 nitrogen and oxygen atoms in total. The van der Waals surface area contributed by atoms with E-state index < -0.39 is 0 Å². The number of halogens is 1. The van der Waals surface area contributed by atoms with Crippen molar-refractivity contribution >= 4 is 40.5 Å². The molecule has 0 saturated heterocycles. The van der Waals surface area contributed by atoms with Crippen molar-refractivity contribution in [2.45, 2.75) is 26.8 Å². The zero-order valence-electron chi connectivity index (χ0n) is 14.8. The summed E-state index contributed by atoms with van der Waals surface area (Å²) >= 11 is 11.4. The molecule has 0 aliphatic carbocycles. The second kappa shape index (κ2) is 7.48. The first-order valence-electron chi connectivity index (χ1n) is 8.27. The topological polar surface area (TPSA) is 53.2 Å². The molecule has 1 aliphatic heterocycles. The molecule has 0 bridgehead atoms. The lowest BCUT2D eigenvalue weighted by atomic mass is 9.95. The quantitative estimate of drug-likeness (QED) is 0.686. The van der Waals surface area contributed by atoms with E-state index >= 15 is 0 Å². The fourth-order valence-electron chi connectivity index (χ4n) is 3.18. The van der Waals surface area contributed by atoms with E-state index in [2.05, 4.69) is 22.0 Å². The third kappa shape index (κ3) is 4.06. The SMILES string of the molecule is CC1=C(C(=O)Nc2cc(C)cc(C)c2)[C@@H](c2cccc(Cl)c2)NC(=S)N1. The smallest absolute Gasteiger partial charge is 0.255 e. The number of anilines is 1. The minimum atomic E-state index is -0.367. The van der Waals surface area contributed by atoms with Crippen LogP contribution in [0.1, 0.15) is 29.7 Å². The summed E-state index contributed by atoms with van der Waals surface area (Å²) < 4.78 is 0. The van der Waals surface area contributed by atoms with Crippen molar-refractivity contribution in [3.8, 4) is 0 Å². The molecule has 2 aromatic rings. The second-order valence-electron chi connectivity index (χ2n) is 6.46. The predicted molar refractivity (Wildman–Crippen MR) is 110 cm³/mol. The Balaban J connectivity index is 1.96. The Morgan fingerprint density at radius 3 is 2.46 bits per heavy atom. The van der Waals surface area contributed by atoms with E-state index in [0.29, 0.717) is 15.7 Å². The van der Waals surface area contributed by atoms with Gasteiger partial charge >= 0.3 is 0 Å². The van der Waals surface area contributed by atoms with Gasteiger partial charge in [0.05, 0.1) is 11.6 Å². The van der Waals surface area contributed by atoms with Gasteiger partial charge in [-0.3, -0.25) is 4.79 Å². The number of benzene rings is 2. The minimum absolute atomic E-state index is 0.181. The summed E-state index contributed by atoms with van der Waals surface area (Å²) in [7, 11) is 0. The summed E-state index contributed by atoms with van der Waals surface area (Å²) in [6, 6.07) is 13.0. The third-order valence-electron chi connectivity index (χ3n) is 4.18. The van der Waals surface area contributed by atoms with Crippen molar-refractivity contribution in [1.29, 1.82) is 0 Å². The fraction of sp³-hybridized carbons (Fsp3) is 0.200. The maximum Gasteiger partial charge on any atom is 0.255 e. The van der Waals surface area contributed by atoms with Crippen molar-refractivity contribution in [2.24, 2.45) is 0 Å². The van der Waals surface area contributed by atoms with Crippen LogP contribution in [0, 0.1) is 13.8 Å². The number of aryl methyl sites for hydroxylation is 2. The number of rotatable bonds is 3. The Labute approximate surface area is 163 Å². The van der Waals surface area contributed by atoms with E-state index in [1.165, 1.54) is 0 Å². The summed E-state index contributed by atoms with van der Waals surface area (Å²) in [5.41, 5.74) is 5.15. The number of thiocarbonyl (C=S) groups is 1. The van der Waals surface area contributed by atoms with Crippen LogP contribution in [-0.2, 0) is 4.79 Å². The summed E-state index contributed by atoms with van der Waals surface area (Å²) in [4.78, 5) is 13.1. The Kier molecular flexibility index (Phi) is 5.30. The maximum atomic E-state index is 13.1. The molecule has 3 rings (SSSR count). The highest BCUT2D eigenvalue weighted by atomic mass is 35.5. The zero-order chi connectivity index (χ0) is 18.8. The zero-order valence-corrected chi connectivity index (χ0v) is 16.4. The van der Waals surface area contributed by atoms with E-state index in [1.807, 2.05) is 51.1 Å². The van der Waals surface area contributed by atoms with Gasteiger partial charge in [0.2, 0.25) is 0 Å². The lowest BCUT2D eigenvalue weighted by molar-refractivity contribution is -0.113. The van der Waals surface area contributed by atoms with Crippen molar-refractivity contribution in [3.63, 3.8) is 0 Å². The highest BCUT2D eigenvalue weighted by Gasteiger charge is 2.30. The Bertz CT molecular complexity index is 903. The van der Waals surface area contributed by atoms with Crippen LogP contribution in [0.25, 0.3) is 0 Å². The van der Waals surface area contributed by atoms with Gasteiger partial charge in [-0.1, -0.05) is 29.8 Å². The molecule has 0 unspecified atom stereocenters. The molecule has 1 heterocycles. The number of carbonyl (C=O) groups is 1. The molecule has 134 valence electrons. The van der Waals surface area contributed by atoms with Crippen LogP contribution in [0.3, 0.4) is 0 Å². The lowest BCUT2D eigenvalue weighted by Gasteiger charge is -2.30. The summed E-state index contributed by atoms with van der Waals surface area (Å²) in [6.07, 6.45) is 0. The molecule has 0 aromatic heterocycles. The van der Waals surface area contributed by atoms with E-state index in [0.717, 1.165) is 28.1 Å². The third-order valence-corrected chi connectivity index (χ3v) is 4.63. The average Bonchev–Trinajstić information content (AvgIpc) is 2.52.